The van der Waals surface area contributed by atoms with E-state index in [4.69, 9.17) is 9.05 Å². The van der Waals surface area contributed by atoms with E-state index in [0.717, 1.165) is 38.5 Å². The first-order chi connectivity index (χ1) is 32.0. The van der Waals surface area contributed by atoms with E-state index in [1.807, 2.05) is 27.2 Å². The average molecular weight is 956 g/mol. The summed E-state index contributed by atoms with van der Waals surface area (Å²) in [7, 11) is 1.28. The summed E-state index contributed by atoms with van der Waals surface area (Å²) in [5.41, 5.74) is 0. The fraction of sp³-hybridized carbons (Fsp3) is 0.947. The quantitative estimate of drug-likeness (QED) is 0.0272. The van der Waals surface area contributed by atoms with Crippen LogP contribution in [-0.2, 0) is 18.4 Å². The van der Waals surface area contributed by atoms with Gasteiger partial charge < -0.3 is 28.8 Å². The number of phosphoric acid groups is 1. The normalized spacial score (nSPS) is 14.0. The van der Waals surface area contributed by atoms with E-state index in [9.17, 15) is 19.4 Å². The van der Waals surface area contributed by atoms with Crippen molar-refractivity contribution in [2.75, 3.05) is 40.9 Å². The summed E-state index contributed by atoms with van der Waals surface area (Å²) in [6.07, 6.45) is 60.0. The highest BCUT2D eigenvalue weighted by Gasteiger charge is 2.23. The molecular weight excluding hydrogens is 840 g/mol. The van der Waals surface area contributed by atoms with Gasteiger partial charge in [-0.25, -0.2) is 0 Å². The summed E-state index contributed by atoms with van der Waals surface area (Å²) in [6.45, 7) is 4.70. The third-order valence-electron chi connectivity index (χ3n) is 13.5. The van der Waals surface area contributed by atoms with Crippen molar-refractivity contribution in [3.63, 3.8) is 0 Å². The van der Waals surface area contributed by atoms with Crippen LogP contribution in [-0.4, -0.2) is 68.5 Å². The van der Waals surface area contributed by atoms with Crippen LogP contribution < -0.4 is 10.2 Å². The molecule has 0 saturated heterocycles. The number of nitrogens with one attached hydrogen (secondary N) is 1. The summed E-state index contributed by atoms with van der Waals surface area (Å²) in [5, 5.41) is 13.9. The molecule has 8 nitrogen and oxygen atoms in total. The third-order valence-corrected chi connectivity index (χ3v) is 14.5. The lowest BCUT2D eigenvalue weighted by Crippen LogP contribution is -2.45. The molecule has 0 radical (unpaired) electrons. The molecule has 0 saturated carbocycles. The minimum Gasteiger partial charge on any atom is -0.756 e. The first-order valence-electron chi connectivity index (χ1n) is 29.1. The standard InChI is InChI=1S/C57H115N2O6P/c1-6-8-10-12-14-16-18-20-22-24-26-27-28-29-30-31-33-34-36-38-40-42-44-46-48-50-56(60)55(54-65-66(62,63)64-53-52-59(3,4)5)58-57(61)51-49-47-45-43-41-39-37-35-32-25-23-21-19-17-15-13-11-9-7-2/h48,50,55-56,60H,6-47,49,51-54H2,1-5H3,(H-,58,61,62,63)/b50-48+. The van der Waals surface area contributed by atoms with E-state index in [1.165, 1.54) is 238 Å². The fourth-order valence-electron chi connectivity index (χ4n) is 8.92. The van der Waals surface area contributed by atoms with E-state index in [-0.39, 0.29) is 19.1 Å². The summed E-state index contributed by atoms with van der Waals surface area (Å²) in [6, 6.07) is -0.882. The molecule has 2 N–H and O–H groups in total. The van der Waals surface area contributed by atoms with Gasteiger partial charge >= 0.3 is 0 Å². The maximum atomic E-state index is 13.0. The second-order valence-electron chi connectivity index (χ2n) is 21.4. The van der Waals surface area contributed by atoms with Gasteiger partial charge in [0.05, 0.1) is 39.9 Å². The number of unbranched alkanes of at least 4 members (excludes halogenated alkanes) is 41. The van der Waals surface area contributed by atoms with Crippen molar-refractivity contribution < 1.29 is 32.9 Å². The van der Waals surface area contributed by atoms with E-state index in [0.29, 0.717) is 17.4 Å². The van der Waals surface area contributed by atoms with Gasteiger partial charge in [0, 0.05) is 6.42 Å². The number of carbonyl (C=O) groups is 1. The molecule has 3 atom stereocenters. The minimum atomic E-state index is -4.59. The van der Waals surface area contributed by atoms with Crippen LogP contribution >= 0.6 is 7.82 Å². The third kappa shape index (κ3) is 51.1. The number of nitrogens with zero attached hydrogens (tertiary/aromatic N) is 1. The van der Waals surface area contributed by atoms with Gasteiger partial charge in [-0.15, -0.1) is 0 Å². The number of hydrogen-bond acceptors (Lipinski definition) is 6. The van der Waals surface area contributed by atoms with Gasteiger partial charge in [-0.1, -0.05) is 283 Å². The van der Waals surface area contributed by atoms with Gasteiger partial charge in [-0.2, -0.15) is 0 Å². The van der Waals surface area contributed by atoms with Crippen LogP contribution in [0.25, 0.3) is 0 Å². The Bertz CT molecular complexity index is 1080. The number of aliphatic hydroxyl groups is 1. The molecule has 0 heterocycles. The molecule has 66 heavy (non-hydrogen) atoms. The Morgan fingerprint density at radius 2 is 0.818 bits per heavy atom. The smallest absolute Gasteiger partial charge is 0.268 e. The Morgan fingerprint density at radius 1 is 0.515 bits per heavy atom. The highest BCUT2D eigenvalue weighted by atomic mass is 31.2. The average Bonchev–Trinajstić information content (AvgIpc) is 3.28. The van der Waals surface area contributed by atoms with Crippen molar-refractivity contribution >= 4 is 13.7 Å². The molecule has 0 rings (SSSR count). The molecule has 9 heteroatoms. The first-order valence-corrected chi connectivity index (χ1v) is 30.5. The molecule has 0 aromatic carbocycles. The maximum Gasteiger partial charge on any atom is 0.268 e. The van der Waals surface area contributed by atoms with Gasteiger partial charge in [0.1, 0.15) is 13.2 Å². The van der Waals surface area contributed by atoms with Gasteiger partial charge in [0.2, 0.25) is 5.91 Å². The van der Waals surface area contributed by atoms with Gasteiger partial charge in [-0.3, -0.25) is 9.36 Å². The van der Waals surface area contributed by atoms with Crippen molar-refractivity contribution in [2.24, 2.45) is 0 Å². The van der Waals surface area contributed by atoms with E-state index >= 15 is 0 Å². The number of likely N-dealkylation sites (N-methyl/N-ethyl adjacent to an activating group) is 1. The Morgan fingerprint density at radius 3 is 1.14 bits per heavy atom. The lowest BCUT2D eigenvalue weighted by atomic mass is 10.0. The van der Waals surface area contributed by atoms with Gasteiger partial charge in [0.15, 0.2) is 0 Å². The van der Waals surface area contributed by atoms with Crippen molar-refractivity contribution in [1.82, 2.24) is 5.32 Å². The number of carbonyl (C=O) groups excluding carboxylic acids is 1. The van der Waals surface area contributed by atoms with Crippen LogP contribution in [0.5, 0.6) is 0 Å². The largest absolute Gasteiger partial charge is 0.756 e. The van der Waals surface area contributed by atoms with Crippen molar-refractivity contribution in [1.29, 1.82) is 0 Å². The summed E-state index contributed by atoms with van der Waals surface area (Å²) >= 11 is 0. The van der Waals surface area contributed by atoms with Crippen LogP contribution in [0.3, 0.4) is 0 Å². The second kappa shape index (κ2) is 49.2. The molecule has 0 aliphatic carbocycles. The molecule has 0 aromatic heterocycles. The number of hydrogen-bond donors (Lipinski definition) is 2. The number of rotatable bonds is 54. The highest BCUT2D eigenvalue weighted by molar-refractivity contribution is 7.45. The highest BCUT2D eigenvalue weighted by Crippen LogP contribution is 2.38. The number of quaternary nitrogens is 1. The van der Waals surface area contributed by atoms with Crippen LogP contribution in [0.2, 0.25) is 0 Å². The Balaban J connectivity index is 4.17. The number of aliphatic hydroxyl groups excluding tert-OH is 1. The van der Waals surface area contributed by atoms with Gasteiger partial charge in [0.25, 0.3) is 7.82 Å². The van der Waals surface area contributed by atoms with Crippen molar-refractivity contribution in [3.05, 3.63) is 12.2 Å². The molecule has 0 aromatic rings. The Hall–Kier alpha value is -0.760. The summed E-state index contributed by atoms with van der Waals surface area (Å²) < 4.78 is 23.4. The summed E-state index contributed by atoms with van der Waals surface area (Å²) in [5.74, 6) is -0.190. The van der Waals surface area contributed by atoms with Crippen molar-refractivity contribution in [3.8, 4) is 0 Å². The van der Waals surface area contributed by atoms with Crippen LogP contribution in [0, 0.1) is 0 Å². The zero-order valence-corrected chi connectivity index (χ0v) is 45.8. The number of amides is 1. The minimum absolute atomic E-state index is 0.00270. The molecule has 0 spiro atoms. The van der Waals surface area contributed by atoms with Crippen LogP contribution in [0.1, 0.15) is 296 Å². The van der Waals surface area contributed by atoms with E-state index < -0.39 is 20.0 Å². The SMILES string of the molecule is CCCCCCCCCCCCCCCCCCCCCCCCC/C=C/C(O)C(COP(=O)([O-])OCC[N+](C)(C)C)NC(=O)CCCCCCCCCCCCCCCCCCCCC. The van der Waals surface area contributed by atoms with Crippen molar-refractivity contribution in [2.45, 2.75) is 309 Å². The zero-order chi connectivity index (χ0) is 48.5. The van der Waals surface area contributed by atoms with E-state index in [2.05, 4.69) is 19.2 Å². The predicted molar refractivity (Wildman–Crippen MR) is 284 cm³/mol. The van der Waals surface area contributed by atoms with E-state index in [1.54, 1.807) is 6.08 Å². The van der Waals surface area contributed by atoms with Crippen LogP contribution in [0.4, 0.5) is 0 Å². The molecule has 0 aliphatic heterocycles. The molecular formula is C57H115N2O6P. The topological polar surface area (TPSA) is 108 Å². The first kappa shape index (κ1) is 65.2. The second-order valence-corrected chi connectivity index (χ2v) is 22.8. The Kier molecular flexibility index (Phi) is 48.7. The fourth-order valence-corrected chi connectivity index (χ4v) is 9.64. The maximum absolute atomic E-state index is 13.0. The molecule has 0 fully saturated rings. The lowest BCUT2D eigenvalue weighted by Gasteiger charge is -2.29. The molecule has 0 bridgehead atoms. The molecule has 394 valence electrons. The molecule has 1 amide bonds. The number of phosphoric ester groups is 1. The monoisotopic (exact) mass is 955 g/mol. The van der Waals surface area contributed by atoms with Gasteiger partial charge in [-0.05, 0) is 19.3 Å². The zero-order valence-electron chi connectivity index (χ0n) is 44.9. The van der Waals surface area contributed by atoms with Crippen LogP contribution in [0.15, 0.2) is 12.2 Å². The predicted octanol–water partition coefficient (Wildman–Crippen LogP) is 16.8. The lowest BCUT2D eigenvalue weighted by molar-refractivity contribution is -0.870. The molecule has 0 aliphatic rings. The summed E-state index contributed by atoms with van der Waals surface area (Å²) in [4.78, 5) is 25.5. The number of allylic oxidation sites excluding steroid dienone is 1. The molecule has 3 unspecified atom stereocenters. The Labute approximate surface area is 412 Å².